The summed E-state index contributed by atoms with van der Waals surface area (Å²) in [5, 5.41) is 0. The van der Waals surface area contributed by atoms with Crippen molar-refractivity contribution >= 4 is 12.4 Å². The van der Waals surface area contributed by atoms with E-state index in [1.807, 2.05) is 12.1 Å². The lowest BCUT2D eigenvalue weighted by Gasteiger charge is -2.41. The number of nitrogens with two attached hydrogens (primary N) is 1. The van der Waals surface area contributed by atoms with Gasteiger partial charge in [-0.3, -0.25) is 0 Å². The van der Waals surface area contributed by atoms with Crippen molar-refractivity contribution in [2.24, 2.45) is 5.73 Å². The molecular weight excluding hydrogens is 210 g/mol. The van der Waals surface area contributed by atoms with Gasteiger partial charge in [0.25, 0.3) is 0 Å². The van der Waals surface area contributed by atoms with Crippen molar-refractivity contribution in [3.63, 3.8) is 0 Å². The monoisotopic (exact) mass is 227 g/mol. The van der Waals surface area contributed by atoms with Crippen LogP contribution in [0, 0.1) is 0 Å². The van der Waals surface area contributed by atoms with Crippen LogP contribution in [0.25, 0.3) is 0 Å². The number of hydrogen-bond acceptors (Lipinski definition) is 2. The van der Waals surface area contributed by atoms with E-state index in [0.29, 0.717) is 0 Å². The highest BCUT2D eigenvalue weighted by Gasteiger charge is 2.37. The van der Waals surface area contributed by atoms with Gasteiger partial charge in [0.1, 0.15) is 5.75 Å². The van der Waals surface area contributed by atoms with E-state index >= 15 is 0 Å². The second-order valence-corrected chi connectivity index (χ2v) is 4.07. The third kappa shape index (κ3) is 2.11. The Hall–Kier alpha value is -0.730. The third-order valence-electron chi connectivity index (χ3n) is 3.38. The fourth-order valence-corrected chi connectivity index (χ4v) is 2.17. The highest BCUT2D eigenvalue weighted by atomic mass is 35.5. The van der Waals surface area contributed by atoms with Crippen LogP contribution in [0.1, 0.15) is 24.8 Å². The first-order valence-corrected chi connectivity index (χ1v) is 5.15. The maximum atomic E-state index is 5.85. The molecule has 1 aliphatic carbocycles. The number of halogens is 1. The summed E-state index contributed by atoms with van der Waals surface area (Å²) in [4.78, 5) is 0. The van der Waals surface area contributed by atoms with Crippen molar-refractivity contribution in [2.75, 3.05) is 13.7 Å². The zero-order chi connectivity index (χ0) is 10.0. The molecule has 0 spiro atoms. The first-order chi connectivity index (χ1) is 6.80. The van der Waals surface area contributed by atoms with E-state index in [9.17, 15) is 0 Å². The van der Waals surface area contributed by atoms with Crippen LogP contribution in [0.2, 0.25) is 0 Å². The molecule has 0 aliphatic heterocycles. The average molecular weight is 228 g/mol. The molecule has 0 aromatic heterocycles. The van der Waals surface area contributed by atoms with Gasteiger partial charge in [-0.05, 0) is 30.5 Å². The van der Waals surface area contributed by atoms with Crippen molar-refractivity contribution in [3.8, 4) is 5.75 Å². The molecule has 1 saturated carbocycles. The zero-order valence-electron chi connectivity index (χ0n) is 9.03. The summed E-state index contributed by atoms with van der Waals surface area (Å²) in [6.45, 7) is 0.750. The molecule has 1 aromatic rings. The molecule has 0 amide bonds. The lowest BCUT2D eigenvalue weighted by Crippen LogP contribution is -2.41. The molecule has 0 unspecified atom stereocenters. The van der Waals surface area contributed by atoms with Crippen LogP contribution in [0.3, 0.4) is 0 Å². The first kappa shape index (κ1) is 12.3. The van der Waals surface area contributed by atoms with E-state index in [0.717, 1.165) is 12.3 Å². The molecule has 0 bridgehead atoms. The molecule has 0 radical (unpaired) electrons. The van der Waals surface area contributed by atoms with Crippen LogP contribution >= 0.6 is 12.4 Å². The second-order valence-electron chi connectivity index (χ2n) is 4.07. The van der Waals surface area contributed by atoms with Gasteiger partial charge in [0.05, 0.1) is 7.11 Å². The Labute approximate surface area is 97.2 Å². The summed E-state index contributed by atoms with van der Waals surface area (Å²) in [7, 11) is 1.70. The van der Waals surface area contributed by atoms with E-state index < -0.39 is 0 Å². The zero-order valence-corrected chi connectivity index (χ0v) is 9.85. The van der Waals surface area contributed by atoms with E-state index in [-0.39, 0.29) is 17.8 Å². The lowest BCUT2D eigenvalue weighted by molar-refractivity contribution is 0.252. The van der Waals surface area contributed by atoms with Gasteiger partial charge < -0.3 is 10.5 Å². The Bertz CT molecular complexity index is 318. The smallest absolute Gasteiger partial charge is 0.119 e. The lowest BCUT2D eigenvalue weighted by atomic mass is 9.64. The van der Waals surface area contributed by atoms with Gasteiger partial charge in [-0.1, -0.05) is 18.6 Å². The van der Waals surface area contributed by atoms with Crippen molar-refractivity contribution in [1.82, 2.24) is 0 Å². The largest absolute Gasteiger partial charge is 0.497 e. The molecule has 1 fully saturated rings. The normalized spacial score (nSPS) is 17.5. The molecular formula is C12H18ClNO. The number of methoxy groups -OCH3 is 1. The van der Waals surface area contributed by atoms with Gasteiger partial charge in [0, 0.05) is 12.0 Å². The Morgan fingerprint density at radius 3 is 2.60 bits per heavy atom. The summed E-state index contributed by atoms with van der Waals surface area (Å²) in [5.74, 6) is 0.933. The van der Waals surface area contributed by atoms with E-state index in [1.165, 1.54) is 24.8 Å². The van der Waals surface area contributed by atoms with E-state index in [1.54, 1.807) is 7.11 Å². The van der Waals surface area contributed by atoms with Crippen LogP contribution in [0.15, 0.2) is 24.3 Å². The molecule has 1 aromatic carbocycles. The summed E-state index contributed by atoms with van der Waals surface area (Å²) in [6.07, 6.45) is 3.74. The number of ether oxygens (including phenoxy) is 1. The second kappa shape index (κ2) is 4.86. The first-order valence-electron chi connectivity index (χ1n) is 5.15. The van der Waals surface area contributed by atoms with Gasteiger partial charge in [0.2, 0.25) is 0 Å². The predicted octanol–water partition coefficient (Wildman–Crippen LogP) is 2.50. The standard InChI is InChI=1S/C12H17NO.ClH/c1-14-11-5-2-4-10(8-11)12(9-13)6-3-7-12;/h2,4-5,8H,3,6-7,9,13H2,1H3;1H. The molecule has 0 atom stereocenters. The van der Waals surface area contributed by atoms with Gasteiger partial charge in [-0.15, -0.1) is 12.4 Å². The van der Waals surface area contributed by atoms with Crippen LogP contribution < -0.4 is 10.5 Å². The van der Waals surface area contributed by atoms with E-state index in [4.69, 9.17) is 10.5 Å². The van der Waals surface area contributed by atoms with Crippen molar-refractivity contribution in [3.05, 3.63) is 29.8 Å². The molecule has 2 rings (SSSR count). The van der Waals surface area contributed by atoms with Crippen LogP contribution in [0.4, 0.5) is 0 Å². The van der Waals surface area contributed by atoms with Crippen LogP contribution in [-0.4, -0.2) is 13.7 Å². The third-order valence-corrected chi connectivity index (χ3v) is 3.38. The summed E-state index contributed by atoms with van der Waals surface area (Å²) >= 11 is 0. The summed E-state index contributed by atoms with van der Waals surface area (Å²) in [5.41, 5.74) is 7.43. The molecule has 0 saturated heterocycles. The minimum atomic E-state index is 0. The Morgan fingerprint density at radius 1 is 1.40 bits per heavy atom. The number of rotatable bonds is 3. The highest BCUT2D eigenvalue weighted by Crippen LogP contribution is 2.43. The van der Waals surface area contributed by atoms with Gasteiger partial charge in [-0.25, -0.2) is 0 Å². The number of benzene rings is 1. The maximum absolute atomic E-state index is 5.85. The van der Waals surface area contributed by atoms with Gasteiger partial charge in [-0.2, -0.15) is 0 Å². The number of hydrogen-bond donors (Lipinski definition) is 1. The van der Waals surface area contributed by atoms with Crippen LogP contribution in [0.5, 0.6) is 5.75 Å². The molecule has 3 heteroatoms. The fraction of sp³-hybridized carbons (Fsp3) is 0.500. The van der Waals surface area contributed by atoms with Crippen molar-refractivity contribution in [2.45, 2.75) is 24.7 Å². The van der Waals surface area contributed by atoms with Crippen LogP contribution in [-0.2, 0) is 5.41 Å². The Kier molecular flexibility index (Phi) is 4.00. The highest BCUT2D eigenvalue weighted by molar-refractivity contribution is 5.85. The van der Waals surface area contributed by atoms with Crippen molar-refractivity contribution in [1.29, 1.82) is 0 Å². The predicted molar refractivity (Wildman–Crippen MR) is 64.8 cm³/mol. The topological polar surface area (TPSA) is 35.2 Å². The maximum Gasteiger partial charge on any atom is 0.119 e. The summed E-state index contributed by atoms with van der Waals surface area (Å²) in [6, 6.07) is 8.30. The molecule has 2 N–H and O–H groups in total. The molecule has 0 heterocycles. The minimum Gasteiger partial charge on any atom is -0.497 e. The Morgan fingerprint density at radius 2 is 2.13 bits per heavy atom. The molecule has 2 nitrogen and oxygen atoms in total. The molecule has 1 aliphatic rings. The quantitative estimate of drug-likeness (QED) is 0.861. The van der Waals surface area contributed by atoms with Gasteiger partial charge >= 0.3 is 0 Å². The molecule has 15 heavy (non-hydrogen) atoms. The Balaban J connectivity index is 0.00000112. The minimum absolute atomic E-state index is 0. The fourth-order valence-electron chi connectivity index (χ4n) is 2.17. The van der Waals surface area contributed by atoms with E-state index in [2.05, 4.69) is 12.1 Å². The average Bonchev–Trinajstić information content (AvgIpc) is 2.18. The SMILES string of the molecule is COc1cccc(C2(CN)CCC2)c1.Cl. The molecule has 84 valence electrons. The summed E-state index contributed by atoms with van der Waals surface area (Å²) < 4.78 is 5.22. The van der Waals surface area contributed by atoms with Crippen molar-refractivity contribution < 1.29 is 4.74 Å². The van der Waals surface area contributed by atoms with Gasteiger partial charge in [0.15, 0.2) is 0 Å².